The monoisotopic (exact) mass is 388 g/mol. The van der Waals surface area contributed by atoms with E-state index in [4.69, 9.17) is 4.74 Å². The number of nitrogens with one attached hydrogen (secondary N) is 1. The van der Waals surface area contributed by atoms with E-state index in [2.05, 4.69) is 10.3 Å². The highest BCUT2D eigenvalue weighted by molar-refractivity contribution is 7.85. The Labute approximate surface area is 158 Å². The van der Waals surface area contributed by atoms with Crippen molar-refractivity contribution in [1.82, 2.24) is 4.98 Å². The molecule has 0 spiro atoms. The molecule has 2 aromatic carbocycles. The summed E-state index contributed by atoms with van der Waals surface area (Å²) in [6, 6.07) is 12.5. The van der Waals surface area contributed by atoms with Gasteiger partial charge >= 0.3 is 0 Å². The van der Waals surface area contributed by atoms with E-state index in [1.54, 1.807) is 24.3 Å². The molecule has 136 valence electrons. The number of fused-ring (bicyclic) bond motifs is 1. The first-order chi connectivity index (χ1) is 12.5. The number of carbonyl (C=O) groups excluding carboxylic acids is 1. The number of thiazole rings is 1. The Morgan fingerprint density at radius 3 is 2.62 bits per heavy atom. The number of aromatic nitrogens is 1. The normalized spacial score (nSPS) is 12.3. The second kappa shape index (κ2) is 7.97. The van der Waals surface area contributed by atoms with Gasteiger partial charge in [0.05, 0.1) is 27.6 Å². The van der Waals surface area contributed by atoms with E-state index in [1.807, 2.05) is 39.0 Å². The van der Waals surface area contributed by atoms with Gasteiger partial charge in [-0.2, -0.15) is 0 Å². The van der Waals surface area contributed by atoms with Gasteiger partial charge in [0.25, 0.3) is 5.91 Å². The van der Waals surface area contributed by atoms with Crippen molar-refractivity contribution in [2.75, 3.05) is 11.9 Å². The molecule has 0 aliphatic carbocycles. The van der Waals surface area contributed by atoms with Crippen LogP contribution in [0.15, 0.2) is 47.4 Å². The van der Waals surface area contributed by atoms with Gasteiger partial charge in [-0.3, -0.25) is 14.3 Å². The topological polar surface area (TPSA) is 68.3 Å². The first kappa shape index (κ1) is 18.5. The molecule has 3 rings (SSSR count). The van der Waals surface area contributed by atoms with E-state index < -0.39 is 10.8 Å². The first-order valence-corrected chi connectivity index (χ1v) is 10.4. The zero-order valence-corrected chi connectivity index (χ0v) is 16.4. The van der Waals surface area contributed by atoms with Gasteiger partial charge in [0, 0.05) is 15.7 Å². The third-order valence-corrected chi connectivity index (χ3v) is 6.20. The van der Waals surface area contributed by atoms with E-state index in [0.29, 0.717) is 17.3 Å². The second-order valence-corrected chi connectivity index (χ2v) is 8.95. The van der Waals surface area contributed by atoms with Crippen molar-refractivity contribution >= 4 is 43.4 Å². The number of amides is 1. The lowest BCUT2D eigenvalue weighted by Crippen LogP contribution is -2.12. The van der Waals surface area contributed by atoms with Crippen molar-refractivity contribution in [2.24, 2.45) is 0 Å². The number of ether oxygens (including phenoxy) is 1. The van der Waals surface area contributed by atoms with Gasteiger partial charge in [0.2, 0.25) is 0 Å². The lowest BCUT2D eigenvalue weighted by atomic mass is 10.2. The van der Waals surface area contributed by atoms with Gasteiger partial charge in [-0.1, -0.05) is 25.2 Å². The molecule has 1 heterocycles. The van der Waals surface area contributed by atoms with Crippen molar-refractivity contribution < 1.29 is 13.7 Å². The molecule has 1 atom stereocenters. The van der Waals surface area contributed by atoms with Gasteiger partial charge < -0.3 is 4.74 Å². The van der Waals surface area contributed by atoms with Crippen molar-refractivity contribution in [1.29, 1.82) is 0 Å². The van der Waals surface area contributed by atoms with E-state index in [0.717, 1.165) is 20.9 Å². The van der Waals surface area contributed by atoms with Crippen LogP contribution in [0.25, 0.3) is 10.2 Å². The fourth-order valence-corrected chi connectivity index (χ4v) is 4.23. The average Bonchev–Trinajstić information content (AvgIpc) is 3.02. The van der Waals surface area contributed by atoms with Gasteiger partial charge in [-0.25, -0.2) is 4.98 Å². The number of benzene rings is 2. The molecule has 1 N–H and O–H groups in total. The molecule has 0 fully saturated rings. The Balaban J connectivity index is 1.75. The van der Waals surface area contributed by atoms with E-state index >= 15 is 0 Å². The first-order valence-electron chi connectivity index (χ1n) is 8.33. The third kappa shape index (κ3) is 4.11. The van der Waals surface area contributed by atoms with E-state index in [-0.39, 0.29) is 11.2 Å². The summed E-state index contributed by atoms with van der Waals surface area (Å²) in [4.78, 5) is 17.6. The Kier molecular flexibility index (Phi) is 5.68. The Morgan fingerprint density at radius 2 is 1.96 bits per heavy atom. The molecule has 0 bridgehead atoms. The molecule has 0 saturated carbocycles. The number of hydrogen-bond acceptors (Lipinski definition) is 5. The summed E-state index contributed by atoms with van der Waals surface area (Å²) in [5.74, 6) is 0.547. The van der Waals surface area contributed by atoms with Crippen LogP contribution in [0.1, 0.15) is 31.1 Å². The molecule has 26 heavy (non-hydrogen) atoms. The molecular formula is C19H20N2O3S2. The summed E-state index contributed by atoms with van der Waals surface area (Å²) in [7, 11) is -1.06. The van der Waals surface area contributed by atoms with Crippen LogP contribution in [-0.2, 0) is 10.8 Å². The summed E-state index contributed by atoms with van der Waals surface area (Å²) in [6.07, 6.45) is 0. The number of nitrogens with zero attached hydrogens (tertiary/aromatic N) is 1. The Bertz CT molecular complexity index is 949. The number of rotatable bonds is 6. The Morgan fingerprint density at radius 1 is 1.23 bits per heavy atom. The van der Waals surface area contributed by atoms with Crippen molar-refractivity contribution in [3.05, 3.63) is 48.0 Å². The Hall–Kier alpha value is -2.25. The summed E-state index contributed by atoms with van der Waals surface area (Å²) in [6.45, 7) is 6.34. The van der Waals surface area contributed by atoms with Gasteiger partial charge in [0.1, 0.15) is 5.75 Å². The maximum Gasteiger partial charge on any atom is 0.257 e. The van der Waals surface area contributed by atoms with Crippen molar-refractivity contribution in [3.8, 4) is 5.75 Å². The second-order valence-electron chi connectivity index (χ2n) is 5.91. The lowest BCUT2D eigenvalue weighted by Gasteiger charge is -2.06. The minimum absolute atomic E-state index is 0.0407. The minimum atomic E-state index is -1.06. The highest BCUT2D eigenvalue weighted by Crippen LogP contribution is 2.29. The minimum Gasteiger partial charge on any atom is -0.494 e. The van der Waals surface area contributed by atoms with Crippen LogP contribution in [0, 0.1) is 0 Å². The summed E-state index contributed by atoms with van der Waals surface area (Å²) < 4.78 is 18.5. The number of carbonyl (C=O) groups is 1. The zero-order chi connectivity index (χ0) is 18.7. The van der Waals surface area contributed by atoms with Crippen LogP contribution in [0.2, 0.25) is 0 Å². The molecule has 7 heteroatoms. The largest absolute Gasteiger partial charge is 0.494 e. The molecule has 3 aromatic rings. The predicted octanol–water partition coefficient (Wildman–Crippen LogP) is 4.46. The highest BCUT2D eigenvalue weighted by Gasteiger charge is 2.13. The molecule has 0 saturated heterocycles. The SMILES string of the molecule is CCOc1ccc2nc(NC(=O)c3ccc(S(=O)C(C)C)cc3)sc2c1. The van der Waals surface area contributed by atoms with Crippen LogP contribution in [0.4, 0.5) is 5.13 Å². The quantitative estimate of drug-likeness (QED) is 0.677. The fraction of sp³-hybridized carbons (Fsp3) is 0.263. The van der Waals surface area contributed by atoms with Crippen molar-refractivity contribution in [3.63, 3.8) is 0 Å². The molecule has 1 unspecified atom stereocenters. The maximum atomic E-state index is 12.4. The van der Waals surface area contributed by atoms with Crippen LogP contribution >= 0.6 is 11.3 Å². The van der Waals surface area contributed by atoms with Gasteiger partial charge in [-0.05, 0) is 49.4 Å². The number of hydrogen-bond donors (Lipinski definition) is 1. The summed E-state index contributed by atoms with van der Waals surface area (Å²) >= 11 is 1.40. The molecular weight excluding hydrogens is 368 g/mol. The average molecular weight is 389 g/mol. The van der Waals surface area contributed by atoms with Crippen LogP contribution < -0.4 is 10.1 Å². The van der Waals surface area contributed by atoms with Crippen LogP contribution in [0.3, 0.4) is 0 Å². The molecule has 5 nitrogen and oxygen atoms in total. The zero-order valence-electron chi connectivity index (χ0n) is 14.8. The lowest BCUT2D eigenvalue weighted by molar-refractivity contribution is 0.102. The molecule has 1 amide bonds. The van der Waals surface area contributed by atoms with E-state index in [9.17, 15) is 9.00 Å². The summed E-state index contributed by atoms with van der Waals surface area (Å²) in [5.41, 5.74) is 1.32. The van der Waals surface area contributed by atoms with E-state index in [1.165, 1.54) is 11.3 Å². The van der Waals surface area contributed by atoms with Crippen LogP contribution in [0.5, 0.6) is 5.75 Å². The highest BCUT2D eigenvalue weighted by atomic mass is 32.2. The third-order valence-electron chi connectivity index (χ3n) is 3.67. The molecule has 0 aliphatic heterocycles. The number of anilines is 1. The van der Waals surface area contributed by atoms with Crippen LogP contribution in [-0.4, -0.2) is 27.0 Å². The fourth-order valence-electron chi connectivity index (χ4n) is 2.40. The van der Waals surface area contributed by atoms with Crippen molar-refractivity contribution in [2.45, 2.75) is 30.9 Å². The standard InChI is InChI=1S/C19H20N2O3S2/c1-4-24-14-7-10-16-17(11-14)25-19(20-16)21-18(22)13-5-8-15(9-6-13)26(23)12(2)3/h5-12H,4H2,1-3H3,(H,20,21,22). The molecule has 0 radical (unpaired) electrons. The van der Waals surface area contributed by atoms with Gasteiger partial charge in [0.15, 0.2) is 5.13 Å². The molecule has 1 aromatic heterocycles. The smallest absolute Gasteiger partial charge is 0.257 e. The van der Waals surface area contributed by atoms with Gasteiger partial charge in [-0.15, -0.1) is 0 Å². The maximum absolute atomic E-state index is 12.4. The predicted molar refractivity (Wildman–Crippen MR) is 107 cm³/mol. The summed E-state index contributed by atoms with van der Waals surface area (Å²) in [5, 5.41) is 3.40. The molecule has 0 aliphatic rings.